The molecule has 0 heterocycles. The van der Waals surface area contributed by atoms with Crippen molar-refractivity contribution in [2.45, 2.75) is 13.0 Å². The molecule has 0 aromatic heterocycles. The van der Waals surface area contributed by atoms with Crippen molar-refractivity contribution in [1.82, 2.24) is 4.90 Å². The maximum atomic E-state index is 13.7. The Labute approximate surface area is 196 Å². The number of ketones is 1. The molecule has 0 saturated carbocycles. The van der Waals surface area contributed by atoms with E-state index in [-0.39, 0.29) is 12.4 Å². The van der Waals surface area contributed by atoms with Gasteiger partial charge in [-0.2, -0.15) is 0 Å². The van der Waals surface area contributed by atoms with Crippen molar-refractivity contribution in [3.8, 4) is 22.3 Å². The maximum absolute atomic E-state index is 13.7. The van der Waals surface area contributed by atoms with E-state index in [9.17, 15) is 9.90 Å². The minimum atomic E-state index is -0.449. The van der Waals surface area contributed by atoms with Gasteiger partial charge in [-0.1, -0.05) is 116 Å². The summed E-state index contributed by atoms with van der Waals surface area (Å²) in [7, 11) is 0. The fourth-order valence-corrected chi connectivity index (χ4v) is 4.23. The Bertz CT molecular complexity index is 1150. The van der Waals surface area contributed by atoms with Crippen LogP contribution in [0.25, 0.3) is 22.3 Å². The van der Waals surface area contributed by atoms with Crippen LogP contribution < -0.4 is 0 Å². The number of hydrogen-bond acceptors (Lipinski definition) is 3. The van der Waals surface area contributed by atoms with E-state index in [0.29, 0.717) is 18.7 Å². The van der Waals surface area contributed by atoms with E-state index >= 15 is 0 Å². The van der Waals surface area contributed by atoms with Crippen LogP contribution in [-0.2, 0) is 0 Å². The Hall–Kier alpha value is -3.53. The number of aliphatic hydroxyl groups is 1. The van der Waals surface area contributed by atoms with Crippen LogP contribution in [0.4, 0.5) is 0 Å². The van der Waals surface area contributed by atoms with Crippen molar-refractivity contribution >= 4 is 5.78 Å². The summed E-state index contributed by atoms with van der Waals surface area (Å²) in [6.45, 7) is 3.13. The van der Waals surface area contributed by atoms with E-state index in [1.54, 1.807) is 0 Å². The Morgan fingerprint density at radius 1 is 0.697 bits per heavy atom. The molecule has 33 heavy (non-hydrogen) atoms. The van der Waals surface area contributed by atoms with Gasteiger partial charge in [0.05, 0.1) is 12.6 Å². The first kappa shape index (κ1) is 22.7. The van der Waals surface area contributed by atoms with Gasteiger partial charge in [0.2, 0.25) is 0 Å². The number of Topliss-reactive ketones (excluding diaryl/α,β-unsaturated/α-hetero) is 1. The van der Waals surface area contributed by atoms with Crippen molar-refractivity contribution in [3.63, 3.8) is 0 Å². The second-order valence-corrected chi connectivity index (χ2v) is 8.05. The summed E-state index contributed by atoms with van der Waals surface area (Å²) in [5.74, 6) is 0.0392. The molecular formula is C30H29NO2. The molecule has 0 unspecified atom stereocenters. The molecular weight excluding hydrogens is 406 g/mol. The van der Waals surface area contributed by atoms with Gasteiger partial charge < -0.3 is 5.11 Å². The first-order valence-electron chi connectivity index (χ1n) is 11.4. The van der Waals surface area contributed by atoms with Gasteiger partial charge in [-0.15, -0.1) is 0 Å². The van der Waals surface area contributed by atoms with Crippen LogP contribution in [-0.4, -0.2) is 35.5 Å². The lowest BCUT2D eigenvalue weighted by Gasteiger charge is -2.29. The second kappa shape index (κ2) is 10.9. The third kappa shape index (κ3) is 5.28. The van der Waals surface area contributed by atoms with Gasteiger partial charge in [-0.3, -0.25) is 9.69 Å². The third-order valence-electron chi connectivity index (χ3n) is 6.02. The molecule has 4 aromatic rings. The van der Waals surface area contributed by atoms with Gasteiger partial charge in [0, 0.05) is 12.1 Å². The minimum absolute atomic E-state index is 0.00661. The number of carbonyl (C=O) groups excluding carboxylic acids is 1. The maximum Gasteiger partial charge on any atom is 0.184 e. The Morgan fingerprint density at radius 2 is 1.15 bits per heavy atom. The van der Waals surface area contributed by atoms with E-state index in [1.165, 1.54) is 0 Å². The molecule has 1 N–H and O–H groups in total. The zero-order valence-electron chi connectivity index (χ0n) is 18.9. The minimum Gasteiger partial charge on any atom is -0.395 e. The lowest BCUT2D eigenvalue weighted by Crippen LogP contribution is -2.36. The molecule has 166 valence electrons. The topological polar surface area (TPSA) is 40.5 Å². The highest BCUT2D eigenvalue weighted by atomic mass is 16.3. The Morgan fingerprint density at radius 3 is 1.61 bits per heavy atom. The van der Waals surface area contributed by atoms with Crippen molar-refractivity contribution < 1.29 is 9.90 Å². The summed E-state index contributed by atoms with van der Waals surface area (Å²) in [4.78, 5) is 15.7. The molecule has 0 aliphatic heterocycles. The van der Waals surface area contributed by atoms with E-state index in [2.05, 4.69) is 36.4 Å². The second-order valence-electron chi connectivity index (χ2n) is 8.05. The Kier molecular flexibility index (Phi) is 7.46. The quantitative estimate of drug-likeness (QED) is 0.316. The largest absolute Gasteiger partial charge is 0.395 e. The van der Waals surface area contributed by atoms with Crippen LogP contribution in [0.5, 0.6) is 0 Å². The molecule has 4 rings (SSSR count). The molecule has 0 radical (unpaired) electrons. The van der Waals surface area contributed by atoms with Crippen molar-refractivity contribution in [2.24, 2.45) is 0 Å². The molecule has 0 bridgehead atoms. The smallest absolute Gasteiger partial charge is 0.184 e. The van der Waals surface area contributed by atoms with Crippen LogP contribution in [0.15, 0.2) is 109 Å². The SMILES string of the molecule is CCN(CCO)[C@@H](C(=O)c1ccc(-c2ccccc2)cc1)c1ccc(-c2ccccc2)cc1. The predicted molar refractivity (Wildman–Crippen MR) is 135 cm³/mol. The molecule has 3 nitrogen and oxygen atoms in total. The van der Waals surface area contributed by atoms with E-state index in [1.807, 2.05) is 84.6 Å². The summed E-state index contributed by atoms with van der Waals surface area (Å²) in [5, 5.41) is 9.62. The molecule has 0 aliphatic rings. The predicted octanol–water partition coefficient (Wildman–Crippen LogP) is 6.26. The van der Waals surface area contributed by atoms with Crippen LogP contribution in [0.3, 0.4) is 0 Å². The van der Waals surface area contributed by atoms with Crippen LogP contribution >= 0.6 is 0 Å². The lowest BCUT2D eigenvalue weighted by molar-refractivity contribution is 0.0793. The molecule has 0 fully saturated rings. The normalized spacial score (nSPS) is 12.0. The summed E-state index contributed by atoms with van der Waals surface area (Å²) in [6.07, 6.45) is 0. The molecule has 0 saturated heterocycles. The average Bonchev–Trinajstić information content (AvgIpc) is 2.90. The van der Waals surface area contributed by atoms with E-state index in [0.717, 1.165) is 27.8 Å². The summed E-state index contributed by atoms with van der Waals surface area (Å²) in [6, 6.07) is 35.9. The zero-order valence-corrected chi connectivity index (χ0v) is 18.9. The highest BCUT2D eigenvalue weighted by molar-refractivity contribution is 6.01. The first-order valence-corrected chi connectivity index (χ1v) is 11.4. The van der Waals surface area contributed by atoms with Crippen molar-refractivity contribution in [2.75, 3.05) is 19.7 Å². The van der Waals surface area contributed by atoms with Gasteiger partial charge in [-0.25, -0.2) is 0 Å². The van der Waals surface area contributed by atoms with Gasteiger partial charge in [0.15, 0.2) is 5.78 Å². The van der Waals surface area contributed by atoms with Crippen molar-refractivity contribution in [3.05, 3.63) is 120 Å². The molecule has 0 spiro atoms. The molecule has 1 atom stereocenters. The summed E-state index contributed by atoms with van der Waals surface area (Å²) in [5.41, 5.74) is 6.07. The third-order valence-corrected chi connectivity index (χ3v) is 6.02. The summed E-state index contributed by atoms with van der Waals surface area (Å²) >= 11 is 0. The van der Waals surface area contributed by atoms with Crippen molar-refractivity contribution in [1.29, 1.82) is 0 Å². The highest BCUT2D eigenvalue weighted by Crippen LogP contribution is 2.29. The monoisotopic (exact) mass is 435 g/mol. The fraction of sp³-hybridized carbons (Fsp3) is 0.167. The number of rotatable bonds is 9. The number of aliphatic hydroxyl groups excluding tert-OH is 1. The zero-order chi connectivity index (χ0) is 23.0. The number of carbonyl (C=O) groups is 1. The molecule has 3 heteroatoms. The van der Waals surface area contributed by atoms with Gasteiger partial charge in [0.1, 0.15) is 0 Å². The van der Waals surface area contributed by atoms with Gasteiger partial charge >= 0.3 is 0 Å². The lowest BCUT2D eigenvalue weighted by atomic mass is 9.93. The van der Waals surface area contributed by atoms with Crippen LogP contribution in [0.1, 0.15) is 28.9 Å². The van der Waals surface area contributed by atoms with Gasteiger partial charge in [-0.05, 0) is 34.4 Å². The van der Waals surface area contributed by atoms with E-state index < -0.39 is 6.04 Å². The summed E-state index contributed by atoms with van der Waals surface area (Å²) < 4.78 is 0. The average molecular weight is 436 g/mol. The number of nitrogens with zero attached hydrogens (tertiary/aromatic N) is 1. The highest BCUT2D eigenvalue weighted by Gasteiger charge is 2.27. The van der Waals surface area contributed by atoms with E-state index in [4.69, 9.17) is 0 Å². The van der Waals surface area contributed by atoms with Crippen LogP contribution in [0, 0.1) is 0 Å². The molecule has 4 aromatic carbocycles. The van der Waals surface area contributed by atoms with Crippen LogP contribution in [0.2, 0.25) is 0 Å². The number of likely N-dealkylation sites (N-methyl/N-ethyl adjacent to an activating group) is 1. The molecule has 0 amide bonds. The fourth-order valence-electron chi connectivity index (χ4n) is 4.23. The number of benzene rings is 4. The first-order chi connectivity index (χ1) is 16.2. The van der Waals surface area contributed by atoms with Gasteiger partial charge in [0.25, 0.3) is 0 Å². The number of hydrogen-bond donors (Lipinski definition) is 1. The standard InChI is InChI=1S/C30H29NO2/c1-2-31(21-22-32)29(27-17-13-25(14-18-27)23-9-5-3-6-10-23)30(33)28-19-15-26(16-20-28)24-11-7-4-8-12-24/h3-20,29,32H,2,21-22H2,1H3/t29-/m1/s1. The Balaban J connectivity index is 1.65. The molecule has 0 aliphatic carbocycles.